The van der Waals surface area contributed by atoms with Crippen molar-refractivity contribution in [1.29, 1.82) is 0 Å². The van der Waals surface area contributed by atoms with Crippen LogP contribution in [0.1, 0.15) is 22.6 Å². The Morgan fingerprint density at radius 3 is 2.80 bits per heavy atom. The standard InChI is InChI=1S/C17H18ClNO/c18-16-9-12(7-8-19)5-6-17(16)20-11-14-10-13-3-1-2-4-15(13)14/h1-6,9,14H,7-8,10-11,19H2. The Kier molecular flexibility index (Phi) is 3.95. The van der Waals surface area contributed by atoms with Crippen LogP contribution in [0.25, 0.3) is 0 Å². The van der Waals surface area contributed by atoms with Crippen molar-refractivity contribution in [3.63, 3.8) is 0 Å². The fraction of sp³-hybridized carbons (Fsp3) is 0.294. The molecule has 0 bridgehead atoms. The normalized spacial score (nSPS) is 16.4. The van der Waals surface area contributed by atoms with Gasteiger partial charge in [0.25, 0.3) is 0 Å². The maximum Gasteiger partial charge on any atom is 0.137 e. The van der Waals surface area contributed by atoms with Gasteiger partial charge in [-0.3, -0.25) is 0 Å². The molecule has 0 amide bonds. The van der Waals surface area contributed by atoms with Gasteiger partial charge in [-0.05, 0) is 48.2 Å². The number of ether oxygens (including phenoxy) is 1. The highest BCUT2D eigenvalue weighted by molar-refractivity contribution is 6.32. The van der Waals surface area contributed by atoms with Gasteiger partial charge in [0.05, 0.1) is 11.6 Å². The maximum atomic E-state index is 6.24. The van der Waals surface area contributed by atoms with Gasteiger partial charge in [-0.2, -0.15) is 0 Å². The van der Waals surface area contributed by atoms with Crippen molar-refractivity contribution < 1.29 is 4.74 Å². The number of hydrogen-bond donors (Lipinski definition) is 1. The van der Waals surface area contributed by atoms with Crippen LogP contribution in [0.15, 0.2) is 42.5 Å². The first-order valence-corrected chi connectivity index (χ1v) is 7.35. The quantitative estimate of drug-likeness (QED) is 0.912. The van der Waals surface area contributed by atoms with Crippen LogP contribution in [0.4, 0.5) is 0 Å². The zero-order valence-corrected chi connectivity index (χ0v) is 12.1. The highest BCUT2D eigenvalue weighted by Crippen LogP contribution is 2.36. The van der Waals surface area contributed by atoms with E-state index in [2.05, 4.69) is 24.3 Å². The fourth-order valence-corrected chi connectivity index (χ4v) is 2.94. The first-order chi connectivity index (χ1) is 9.78. The van der Waals surface area contributed by atoms with Crippen LogP contribution >= 0.6 is 11.6 Å². The summed E-state index contributed by atoms with van der Waals surface area (Å²) in [4.78, 5) is 0. The lowest BCUT2D eigenvalue weighted by atomic mass is 9.78. The second kappa shape index (κ2) is 5.86. The monoisotopic (exact) mass is 287 g/mol. The minimum Gasteiger partial charge on any atom is -0.491 e. The number of hydrogen-bond acceptors (Lipinski definition) is 2. The van der Waals surface area contributed by atoms with Crippen LogP contribution in [0.5, 0.6) is 5.75 Å². The van der Waals surface area contributed by atoms with E-state index in [-0.39, 0.29) is 0 Å². The molecule has 1 unspecified atom stereocenters. The number of halogens is 1. The smallest absolute Gasteiger partial charge is 0.137 e. The molecule has 3 heteroatoms. The highest BCUT2D eigenvalue weighted by atomic mass is 35.5. The third kappa shape index (κ3) is 2.67. The summed E-state index contributed by atoms with van der Waals surface area (Å²) in [5, 5.41) is 0.670. The van der Waals surface area contributed by atoms with Crippen LogP contribution in [-0.2, 0) is 12.8 Å². The second-order valence-electron chi connectivity index (χ2n) is 5.21. The molecule has 0 saturated carbocycles. The topological polar surface area (TPSA) is 35.2 Å². The fourth-order valence-electron chi connectivity index (χ4n) is 2.69. The summed E-state index contributed by atoms with van der Waals surface area (Å²) in [7, 11) is 0. The molecule has 1 aliphatic carbocycles. The van der Waals surface area contributed by atoms with Gasteiger partial charge >= 0.3 is 0 Å². The summed E-state index contributed by atoms with van der Waals surface area (Å²) < 4.78 is 5.87. The molecular formula is C17H18ClNO. The van der Waals surface area contributed by atoms with Crippen molar-refractivity contribution in [2.75, 3.05) is 13.2 Å². The van der Waals surface area contributed by atoms with E-state index in [1.807, 2.05) is 18.2 Å². The Morgan fingerprint density at radius 1 is 1.20 bits per heavy atom. The Balaban J connectivity index is 1.62. The molecule has 2 nitrogen and oxygen atoms in total. The molecule has 0 heterocycles. The van der Waals surface area contributed by atoms with E-state index in [1.165, 1.54) is 11.1 Å². The minimum atomic E-state index is 0.492. The molecule has 2 N–H and O–H groups in total. The molecule has 0 radical (unpaired) electrons. The van der Waals surface area contributed by atoms with Gasteiger partial charge < -0.3 is 10.5 Å². The molecule has 104 valence electrons. The van der Waals surface area contributed by atoms with Gasteiger partial charge in [-0.25, -0.2) is 0 Å². The summed E-state index contributed by atoms with van der Waals surface area (Å²) in [5.41, 5.74) is 9.54. The highest BCUT2D eigenvalue weighted by Gasteiger charge is 2.26. The Labute approximate surface area is 124 Å². The van der Waals surface area contributed by atoms with E-state index in [9.17, 15) is 0 Å². The third-order valence-corrected chi connectivity index (χ3v) is 4.13. The third-order valence-electron chi connectivity index (χ3n) is 3.83. The molecule has 0 spiro atoms. The van der Waals surface area contributed by atoms with E-state index in [0.29, 0.717) is 24.1 Å². The SMILES string of the molecule is NCCc1ccc(OCC2Cc3ccccc32)c(Cl)c1. The summed E-state index contributed by atoms with van der Waals surface area (Å²) in [6.45, 7) is 1.32. The average Bonchev–Trinajstić information content (AvgIpc) is 2.42. The molecule has 20 heavy (non-hydrogen) atoms. The maximum absolute atomic E-state index is 6.24. The molecule has 3 rings (SSSR count). The zero-order valence-electron chi connectivity index (χ0n) is 11.3. The molecule has 0 fully saturated rings. The van der Waals surface area contributed by atoms with Gasteiger partial charge in [0.1, 0.15) is 5.75 Å². The predicted molar refractivity (Wildman–Crippen MR) is 82.6 cm³/mol. The van der Waals surface area contributed by atoms with Gasteiger partial charge in [0.2, 0.25) is 0 Å². The average molecular weight is 288 g/mol. The number of rotatable bonds is 5. The predicted octanol–water partition coefficient (Wildman–Crippen LogP) is 3.56. The van der Waals surface area contributed by atoms with Gasteiger partial charge in [0.15, 0.2) is 0 Å². The van der Waals surface area contributed by atoms with Gasteiger partial charge in [0, 0.05) is 5.92 Å². The summed E-state index contributed by atoms with van der Waals surface area (Å²) >= 11 is 6.24. The van der Waals surface area contributed by atoms with Gasteiger partial charge in [-0.15, -0.1) is 0 Å². The lowest BCUT2D eigenvalue weighted by Gasteiger charge is -2.30. The first-order valence-electron chi connectivity index (χ1n) is 6.97. The molecule has 0 aliphatic heterocycles. The number of benzene rings is 2. The van der Waals surface area contributed by atoms with Crippen molar-refractivity contribution in [3.05, 3.63) is 64.2 Å². The Morgan fingerprint density at radius 2 is 2.05 bits per heavy atom. The molecule has 0 aromatic heterocycles. The molecule has 1 aliphatic rings. The largest absolute Gasteiger partial charge is 0.491 e. The van der Waals surface area contributed by atoms with Crippen LogP contribution in [0.3, 0.4) is 0 Å². The van der Waals surface area contributed by atoms with E-state index in [1.54, 1.807) is 0 Å². The van der Waals surface area contributed by atoms with Crippen LogP contribution in [0.2, 0.25) is 5.02 Å². The second-order valence-corrected chi connectivity index (χ2v) is 5.62. The van der Waals surface area contributed by atoms with Crippen LogP contribution < -0.4 is 10.5 Å². The van der Waals surface area contributed by atoms with Crippen molar-refractivity contribution in [3.8, 4) is 5.75 Å². The van der Waals surface area contributed by atoms with Crippen molar-refractivity contribution in [1.82, 2.24) is 0 Å². The summed E-state index contributed by atoms with van der Waals surface area (Å²) in [6, 6.07) is 14.4. The summed E-state index contributed by atoms with van der Waals surface area (Å²) in [5.74, 6) is 1.25. The van der Waals surface area contributed by atoms with E-state index in [4.69, 9.17) is 22.1 Å². The van der Waals surface area contributed by atoms with Crippen LogP contribution in [0, 0.1) is 0 Å². The first kappa shape index (κ1) is 13.5. The molecule has 0 saturated heterocycles. The van der Waals surface area contributed by atoms with E-state index < -0.39 is 0 Å². The zero-order chi connectivity index (χ0) is 13.9. The van der Waals surface area contributed by atoms with E-state index in [0.717, 1.165) is 24.2 Å². The molecule has 1 atom stereocenters. The summed E-state index contributed by atoms with van der Waals surface area (Å²) in [6.07, 6.45) is 1.94. The number of fused-ring (bicyclic) bond motifs is 1. The molecule has 2 aromatic carbocycles. The van der Waals surface area contributed by atoms with Crippen molar-refractivity contribution in [2.45, 2.75) is 18.8 Å². The Bertz CT molecular complexity index is 612. The lowest BCUT2D eigenvalue weighted by Crippen LogP contribution is -2.23. The van der Waals surface area contributed by atoms with Crippen molar-refractivity contribution in [2.24, 2.45) is 5.73 Å². The Hall–Kier alpha value is -1.51. The lowest BCUT2D eigenvalue weighted by molar-refractivity contribution is 0.275. The van der Waals surface area contributed by atoms with E-state index >= 15 is 0 Å². The number of nitrogens with two attached hydrogens (primary N) is 1. The molecular weight excluding hydrogens is 270 g/mol. The van der Waals surface area contributed by atoms with Gasteiger partial charge in [-0.1, -0.05) is 41.9 Å². The van der Waals surface area contributed by atoms with Crippen molar-refractivity contribution >= 4 is 11.6 Å². The minimum absolute atomic E-state index is 0.492. The molecule has 2 aromatic rings. The van der Waals surface area contributed by atoms with Crippen LogP contribution in [-0.4, -0.2) is 13.2 Å².